The van der Waals surface area contributed by atoms with Gasteiger partial charge in [-0.2, -0.15) is 0 Å². The maximum atomic E-state index is 7.33. The monoisotopic (exact) mass is 229 g/mol. The average molecular weight is 231 g/mol. The normalized spacial score (nSPS) is 20.7. The molecule has 0 spiro atoms. The maximum absolute atomic E-state index is 7.33. The van der Waals surface area contributed by atoms with Crippen LogP contribution in [0.5, 0.6) is 0 Å². The molecule has 1 unspecified atom stereocenters. The zero-order valence-electron chi connectivity index (χ0n) is 5.38. The smallest absolute Gasteiger partial charge is 0.0420 e. The second kappa shape index (κ2) is 5.10. The molecule has 0 fully saturated rings. The predicted octanol–water partition coefficient (Wildman–Crippen LogP) is 2.94. The first kappa shape index (κ1) is 6.09. The summed E-state index contributed by atoms with van der Waals surface area (Å²) >= 11 is 6.52. The van der Waals surface area contributed by atoms with Crippen molar-refractivity contribution in [3.8, 4) is 0 Å². The molecule has 1 atom stereocenters. The molecule has 0 aliphatic carbocycles. The molecule has 0 saturated carbocycles. The minimum atomic E-state index is -0.416. The zero-order chi connectivity index (χ0) is 6.62. The van der Waals surface area contributed by atoms with E-state index in [0.29, 0.717) is 0 Å². The van der Waals surface area contributed by atoms with Gasteiger partial charge in [-0.15, -0.1) is 0 Å². The molecule has 0 rings (SSSR count). The SMILES string of the molecule is [2H]C(C)(Br)CCCBr. The fraction of sp³-hybridized carbons (Fsp3) is 1.00. The molecule has 0 N–H and O–H groups in total. The Kier molecular flexibility index (Phi) is 4.44. The Morgan fingerprint density at radius 2 is 2.43 bits per heavy atom. The van der Waals surface area contributed by atoms with E-state index < -0.39 is 4.80 Å². The van der Waals surface area contributed by atoms with Gasteiger partial charge in [0.2, 0.25) is 0 Å². The summed E-state index contributed by atoms with van der Waals surface area (Å²) in [6, 6.07) is 0. The number of rotatable bonds is 3. The summed E-state index contributed by atoms with van der Waals surface area (Å²) in [5.41, 5.74) is 0. The average Bonchev–Trinajstić information content (AvgIpc) is 1.59. The second-order valence-corrected chi connectivity index (χ2v) is 3.62. The van der Waals surface area contributed by atoms with E-state index in [0.717, 1.165) is 18.2 Å². The molecule has 7 heavy (non-hydrogen) atoms. The van der Waals surface area contributed by atoms with Crippen molar-refractivity contribution < 1.29 is 1.37 Å². The standard InChI is InChI=1S/C5H10Br2/c1-5(7)3-2-4-6/h5H,2-4H2,1H3/i5D. The molecule has 44 valence electrons. The van der Waals surface area contributed by atoms with E-state index in [2.05, 4.69) is 31.9 Å². The molecule has 0 amide bonds. The highest BCUT2D eigenvalue weighted by Crippen LogP contribution is 2.06. The molecule has 0 nitrogen and oxygen atoms in total. The van der Waals surface area contributed by atoms with Crippen molar-refractivity contribution in [2.75, 3.05) is 5.33 Å². The highest BCUT2D eigenvalue weighted by atomic mass is 79.9. The molecule has 0 bridgehead atoms. The van der Waals surface area contributed by atoms with Crippen LogP contribution < -0.4 is 0 Å². The first-order chi connectivity index (χ1) is 3.56. The van der Waals surface area contributed by atoms with Crippen LogP contribution in [0.4, 0.5) is 0 Å². The van der Waals surface area contributed by atoms with Gasteiger partial charge in [-0.25, -0.2) is 0 Å². The second-order valence-electron chi connectivity index (χ2n) is 1.47. The largest absolute Gasteiger partial charge is 0.0928 e. The van der Waals surface area contributed by atoms with Crippen molar-refractivity contribution in [3.05, 3.63) is 0 Å². The van der Waals surface area contributed by atoms with E-state index in [1.807, 2.05) is 6.92 Å². The summed E-state index contributed by atoms with van der Waals surface area (Å²) in [4.78, 5) is -0.416. The molecule has 0 aromatic carbocycles. The van der Waals surface area contributed by atoms with Gasteiger partial charge in [-0.05, 0) is 12.8 Å². The van der Waals surface area contributed by atoms with Gasteiger partial charge < -0.3 is 0 Å². The Labute approximate surface area is 63.3 Å². The molecule has 0 radical (unpaired) electrons. The van der Waals surface area contributed by atoms with Gasteiger partial charge in [0.05, 0.1) is 0 Å². The zero-order valence-corrected chi connectivity index (χ0v) is 7.55. The quantitative estimate of drug-likeness (QED) is 0.655. The Balaban J connectivity index is 3.11. The van der Waals surface area contributed by atoms with Crippen LogP contribution in [-0.2, 0) is 0 Å². The predicted molar refractivity (Wildman–Crippen MR) is 41.4 cm³/mol. The van der Waals surface area contributed by atoms with Crippen LogP contribution in [0.2, 0.25) is 0 Å². The molecule has 0 aliphatic heterocycles. The summed E-state index contributed by atoms with van der Waals surface area (Å²) in [6.07, 6.45) is 1.96. The van der Waals surface area contributed by atoms with E-state index >= 15 is 0 Å². The van der Waals surface area contributed by atoms with Crippen molar-refractivity contribution in [2.24, 2.45) is 0 Å². The van der Waals surface area contributed by atoms with E-state index in [9.17, 15) is 0 Å². The summed E-state index contributed by atoms with van der Waals surface area (Å²) in [5.74, 6) is 0. The number of alkyl halides is 2. The fourth-order valence-electron chi connectivity index (χ4n) is 0.310. The van der Waals surface area contributed by atoms with Crippen molar-refractivity contribution in [1.82, 2.24) is 0 Å². The first-order valence-corrected chi connectivity index (χ1v) is 4.22. The van der Waals surface area contributed by atoms with Gasteiger partial charge in [-0.1, -0.05) is 38.8 Å². The van der Waals surface area contributed by atoms with Crippen molar-refractivity contribution >= 4 is 31.9 Å². The summed E-state index contributed by atoms with van der Waals surface area (Å²) in [6.45, 7) is 1.86. The van der Waals surface area contributed by atoms with E-state index in [-0.39, 0.29) is 0 Å². The molecule has 0 aromatic heterocycles. The van der Waals surface area contributed by atoms with Crippen LogP contribution in [-0.4, -0.2) is 10.1 Å². The van der Waals surface area contributed by atoms with E-state index in [1.54, 1.807) is 0 Å². The van der Waals surface area contributed by atoms with Crippen molar-refractivity contribution in [2.45, 2.75) is 24.6 Å². The summed E-state index contributed by atoms with van der Waals surface area (Å²) < 4.78 is 7.33. The Morgan fingerprint density at radius 1 is 1.86 bits per heavy atom. The van der Waals surface area contributed by atoms with E-state index in [4.69, 9.17) is 1.37 Å². The third-order valence-corrected chi connectivity index (χ3v) is 1.61. The van der Waals surface area contributed by atoms with Crippen LogP contribution in [0, 0.1) is 0 Å². The van der Waals surface area contributed by atoms with Crippen molar-refractivity contribution in [3.63, 3.8) is 0 Å². The van der Waals surface area contributed by atoms with Gasteiger partial charge in [0.15, 0.2) is 0 Å². The summed E-state index contributed by atoms with van der Waals surface area (Å²) in [5, 5.41) is 0.993. The first-order valence-electron chi connectivity index (χ1n) is 2.81. The van der Waals surface area contributed by atoms with Gasteiger partial charge in [0, 0.05) is 11.5 Å². The molecular weight excluding hydrogens is 220 g/mol. The Hall–Kier alpha value is 0.960. The van der Waals surface area contributed by atoms with Crippen LogP contribution in [0.3, 0.4) is 0 Å². The Morgan fingerprint density at radius 3 is 2.57 bits per heavy atom. The van der Waals surface area contributed by atoms with Gasteiger partial charge in [0.1, 0.15) is 0 Å². The molecule has 0 aliphatic rings. The molecule has 0 heterocycles. The lowest BCUT2D eigenvalue weighted by Crippen LogP contribution is -1.88. The number of hydrogen-bond donors (Lipinski definition) is 0. The van der Waals surface area contributed by atoms with Crippen molar-refractivity contribution in [1.29, 1.82) is 0 Å². The fourth-order valence-corrected chi connectivity index (χ4v) is 0.871. The lowest BCUT2D eigenvalue weighted by atomic mass is 10.3. The van der Waals surface area contributed by atoms with Crippen LogP contribution in [0.15, 0.2) is 0 Å². The topological polar surface area (TPSA) is 0 Å². The molecule has 0 aromatic rings. The molecule has 0 saturated heterocycles. The minimum absolute atomic E-state index is 0.416. The van der Waals surface area contributed by atoms with Crippen LogP contribution in [0.25, 0.3) is 0 Å². The lowest BCUT2D eigenvalue weighted by molar-refractivity contribution is 0.807. The van der Waals surface area contributed by atoms with Gasteiger partial charge in [0.25, 0.3) is 0 Å². The third kappa shape index (κ3) is 6.96. The summed E-state index contributed by atoms with van der Waals surface area (Å²) in [7, 11) is 0. The van der Waals surface area contributed by atoms with Gasteiger partial charge in [-0.3, -0.25) is 0 Å². The maximum Gasteiger partial charge on any atom is 0.0420 e. The molecule has 2 heteroatoms. The number of halogens is 2. The van der Waals surface area contributed by atoms with Gasteiger partial charge >= 0.3 is 0 Å². The van der Waals surface area contributed by atoms with Crippen LogP contribution >= 0.6 is 31.9 Å². The Bertz CT molecular complexity index is 57.9. The molecular formula is C5H10Br2. The highest BCUT2D eigenvalue weighted by molar-refractivity contribution is 9.09. The minimum Gasteiger partial charge on any atom is -0.0928 e. The highest BCUT2D eigenvalue weighted by Gasteiger charge is 1.91. The number of hydrogen-bond acceptors (Lipinski definition) is 0. The third-order valence-electron chi connectivity index (χ3n) is 0.655. The van der Waals surface area contributed by atoms with Crippen LogP contribution in [0.1, 0.15) is 21.1 Å². The van der Waals surface area contributed by atoms with E-state index in [1.165, 1.54) is 0 Å². The lowest BCUT2D eigenvalue weighted by Gasteiger charge is -1.96.